The second-order valence-corrected chi connectivity index (χ2v) is 10.4. The van der Waals surface area contributed by atoms with Gasteiger partial charge in [-0.15, -0.1) is 11.3 Å². The van der Waals surface area contributed by atoms with E-state index in [4.69, 9.17) is 4.98 Å². The normalized spacial score (nSPS) is 11.3. The standard InChI is InChI=1S/C26H20N4O3S2/c1-17-5-4-6-18(15-17)24-16-22(21-7-2-3-8-23(21)29-24)25(31)28-19-9-11-20(12-10-19)35(32,33)30-26-27-13-14-34-26/h2-16H,1H3,(H,27,30)(H,28,31). The first kappa shape index (κ1) is 22.7. The number of aromatic nitrogens is 2. The van der Waals surface area contributed by atoms with E-state index in [1.165, 1.54) is 29.7 Å². The van der Waals surface area contributed by atoms with Gasteiger partial charge in [-0.25, -0.2) is 18.4 Å². The molecule has 0 fully saturated rings. The highest BCUT2D eigenvalue weighted by atomic mass is 32.2. The number of pyridine rings is 1. The van der Waals surface area contributed by atoms with Crippen LogP contribution in [0.3, 0.4) is 0 Å². The van der Waals surface area contributed by atoms with Gasteiger partial charge in [-0.2, -0.15) is 0 Å². The molecule has 9 heteroatoms. The van der Waals surface area contributed by atoms with Crippen molar-refractivity contribution in [3.05, 3.63) is 102 Å². The van der Waals surface area contributed by atoms with E-state index < -0.39 is 10.0 Å². The number of hydrogen-bond donors (Lipinski definition) is 2. The van der Waals surface area contributed by atoms with Crippen LogP contribution in [0.25, 0.3) is 22.2 Å². The van der Waals surface area contributed by atoms with Gasteiger partial charge in [0.05, 0.1) is 21.7 Å². The van der Waals surface area contributed by atoms with Gasteiger partial charge in [0.1, 0.15) is 0 Å². The Kier molecular flexibility index (Phi) is 6.02. The van der Waals surface area contributed by atoms with Crippen molar-refractivity contribution >= 4 is 49.0 Å². The summed E-state index contributed by atoms with van der Waals surface area (Å²) in [5, 5.41) is 5.57. The molecule has 0 unspecified atom stereocenters. The minimum Gasteiger partial charge on any atom is -0.322 e. The summed E-state index contributed by atoms with van der Waals surface area (Å²) in [6.45, 7) is 2.01. The maximum atomic E-state index is 13.3. The molecule has 0 radical (unpaired) electrons. The van der Waals surface area contributed by atoms with E-state index in [1.54, 1.807) is 23.6 Å². The largest absolute Gasteiger partial charge is 0.322 e. The summed E-state index contributed by atoms with van der Waals surface area (Å²) in [5.41, 5.74) is 4.39. The second-order valence-electron chi connectivity index (χ2n) is 7.86. The van der Waals surface area contributed by atoms with Crippen LogP contribution in [0.1, 0.15) is 15.9 Å². The fourth-order valence-electron chi connectivity index (χ4n) is 3.68. The number of hydrogen-bond acceptors (Lipinski definition) is 6. The van der Waals surface area contributed by atoms with Crippen LogP contribution in [-0.4, -0.2) is 24.3 Å². The Hall–Kier alpha value is -4.08. The second kappa shape index (κ2) is 9.28. The summed E-state index contributed by atoms with van der Waals surface area (Å²) in [4.78, 5) is 22.1. The van der Waals surface area contributed by atoms with E-state index in [1.807, 2.05) is 55.5 Å². The fraction of sp³-hybridized carbons (Fsp3) is 0.0385. The van der Waals surface area contributed by atoms with Crippen LogP contribution in [0, 0.1) is 6.92 Å². The van der Waals surface area contributed by atoms with E-state index in [0.717, 1.165) is 16.5 Å². The van der Waals surface area contributed by atoms with Crippen molar-refractivity contribution in [3.63, 3.8) is 0 Å². The molecule has 35 heavy (non-hydrogen) atoms. The van der Waals surface area contributed by atoms with Gasteiger partial charge in [0.25, 0.3) is 15.9 Å². The first-order valence-corrected chi connectivity index (χ1v) is 13.1. The van der Waals surface area contributed by atoms with Gasteiger partial charge in [-0.3, -0.25) is 9.52 Å². The Bertz CT molecular complexity index is 1630. The lowest BCUT2D eigenvalue weighted by atomic mass is 10.0. The molecule has 0 aliphatic rings. The maximum Gasteiger partial charge on any atom is 0.263 e. The topological polar surface area (TPSA) is 101 Å². The van der Waals surface area contributed by atoms with Crippen molar-refractivity contribution in [1.82, 2.24) is 9.97 Å². The van der Waals surface area contributed by atoms with Crippen LogP contribution in [0.2, 0.25) is 0 Å². The number of carbonyl (C=O) groups excluding carboxylic acids is 1. The van der Waals surface area contributed by atoms with Gasteiger partial charge in [0.15, 0.2) is 5.13 Å². The minimum absolute atomic E-state index is 0.0711. The average molecular weight is 501 g/mol. The quantitative estimate of drug-likeness (QED) is 0.311. The molecule has 0 saturated heterocycles. The van der Waals surface area contributed by atoms with Crippen molar-refractivity contribution in [1.29, 1.82) is 0 Å². The zero-order valence-electron chi connectivity index (χ0n) is 18.6. The molecule has 1 amide bonds. The number of benzene rings is 3. The third kappa shape index (κ3) is 4.91. The zero-order chi connectivity index (χ0) is 24.4. The number of anilines is 2. The van der Waals surface area contributed by atoms with Crippen molar-refractivity contribution in [2.24, 2.45) is 0 Å². The van der Waals surface area contributed by atoms with E-state index >= 15 is 0 Å². The molecule has 2 N–H and O–H groups in total. The Labute approximate surface area is 206 Å². The number of para-hydroxylation sites is 1. The number of sulfonamides is 1. The molecule has 0 aliphatic heterocycles. The first-order valence-electron chi connectivity index (χ1n) is 10.7. The number of rotatable bonds is 6. The highest BCUT2D eigenvalue weighted by Gasteiger charge is 2.17. The summed E-state index contributed by atoms with van der Waals surface area (Å²) in [6.07, 6.45) is 1.52. The van der Waals surface area contributed by atoms with E-state index in [9.17, 15) is 13.2 Å². The van der Waals surface area contributed by atoms with E-state index in [2.05, 4.69) is 15.0 Å². The predicted molar refractivity (Wildman–Crippen MR) is 139 cm³/mol. The lowest BCUT2D eigenvalue weighted by Gasteiger charge is -2.12. The highest BCUT2D eigenvalue weighted by Crippen LogP contribution is 2.27. The Morgan fingerprint density at radius 1 is 0.943 bits per heavy atom. The monoisotopic (exact) mass is 500 g/mol. The van der Waals surface area contributed by atoms with Crippen molar-refractivity contribution in [2.45, 2.75) is 11.8 Å². The van der Waals surface area contributed by atoms with Crippen molar-refractivity contribution in [3.8, 4) is 11.3 Å². The third-order valence-corrected chi connectivity index (χ3v) is 7.52. The van der Waals surface area contributed by atoms with E-state index in [0.29, 0.717) is 22.5 Å². The molecule has 5 aromatic rings. The molecule has 0 atom stereocenters. The molecular formula is C26H20N4O3S2. The van der Waals surface area contributed by atoms with Gasteiger partial charge in [0, 0.05) is 28.2 Å². The average Bonchev–Trinajstić information content (AvgIpc) is 3.36. The molecule has 174 valence electrons. The van der Waals surface area contributed by atoms with Crippen LogP contribution in [-0.2, 0) is 10.0 Å². The van der Waals surface area contributed by atoms with Crippen LogP contribution in [0.4, 0.5) is 10.8 Å². The molecular weight excluding hydrogens is 480 g/mol. The van der Waals surface area contributed by atoms with Gasteiger partial charge in [0.2, 0.25) is 0 Å². The van der Waals surface area contributed by atoms with Crippen molar-refractivity contribution < 1.29 is 13.2 Å². The van der Waals surface area contributed by atoms with Gasteiger partial charge in [-0.1, -0.05) is 42.0 Å². The Balaban J connectivity index is 1.43. The number of thiazole rings is 1. The summed E-state index contributed by atoms with van der Waals surface area (Å²) in [6, 6.07) is 23.2. The maximum absolute atomic E-state index is 13.3. The lowest BCUT2D eigenvalue weighted by Crippen LogP contribution is -2.14. The minimum atomic E-state index is -3.77. The molecule has 0 saturated carbocycles. The van der Waals surface area contributed by atoms with Crippen LogP contribution in [0.15, 0.2) is 95.3 Å². The Morgan fingerprint density at radius 2 is 1.74 bits per heavy atom. The van der Waals surface area contributed by atoms with Crippen molar-refractivity contribution in [2.75, 3.05) is 10.0 Å². The van der Waals surface area contributed by atoms with E-state index in [-0.39, 0.29) is 15.9 Å². The molecule has 0 spiro atoms. The number of amides is 1. The smallest absolute Gasteiger partial charge is 0.263 e. The first-order chi connectivity index (χ1) is 16.9. The molecule has 7 nitrogen and oxygen atoms in total. The molecule has 2 aromatic heterocycles. The SMILES string of the molecule is Cc1cccc(-c2cc(C(=O)Nc3ccc(S(=O)(=O)Nc4nccs4)cc3)c3ccccc3n2)c1. The van der Waals surface area contributed by atoms with Gasteiger partial charge in [-0.05, 0) is 49.4 Å². The number of aryl methyl sites for hydroxylation is 1. The van der Waals surface area contributed by atoms with Gasteiger partial charge >= 0.3 is 0 Å². The Morgan fingerprint density at radius 3 is 2.49 bits per heavy atom. The third-order valence-electron chi connectivity index (χ3n) is 5.35. The molecule has 2 heterocycles. The zero-order valence-corrected chi connectivity index (χ0v) is 20.2. The van der Waals surface area contributed by atoms with Crippen LogP contribution < -0.4 is 10.0 Å². The molecule has 0 aliphatic carbocycles. The highest BCUT2D eigenvalue weighted by molar-refractivity contribution is 7.93. The molecule has 3 aromatic carbocycles. The fourth-order valence-corrected chi connectivity index (χ4v) is 5.47. The summed E-state index contributed by atoms with van der Waals surface area (Å²) in [7, 11) is -3.77. The number of carbonyl (C=O) groups is 1. The number of nitrogens with zero attached hydrogens (tertiary/aromatic N) is 2. The summed E-state index contributed by atoms with van der Waals surface area (Å²) < 4.78 is 27.5. The lowest BCUT2D eigenvalue weighted by molar-refractivity contribution is 0.102. The van der Waals surface area contributed by atoms with Crippen LogP contribution >= 0.6 is 11.3 Å². The van der Waals surface area contributed by atoms with Gasteiger partial charge < -0.3 is 5.32 Å². The number of fused-ring (bicyclic) bond motifs is 1. The summed E-state index contributed by atoms with van der Waals surface area (Å²) >= 11 is 1.19. The molecule has 5 rings (SSSR count). The predicted octanol–water partition coefficient (Wildman–Crippen LogP) is 5.72. The van der Waals surface area contributed by atoms with Crippen LogP contribution in [0.5, 0.6) is 0 Å². The summed E-state index contributed by atoms with van der Waals surface area (Å²) in [5.74, 6) is -0.311. The number of nitrogens with one attached hydrogen (secondary N) is 2. The molecule has 0 bridgehead atoms.